The van der Waals surface area contributed by atoms with Crippen LogP contribution in [0.4, 0.5) is 39.5 Å². The number of halogens is 9. The van der Waals surface area contributed by atoms with E-state index in [-0.39, 0.29) is 12.2 Å². The minimum absolute atomic E-state index is 0.00697. The number of hydrogen-bond acceptors (Lipinski definition) is 3. The van der Waals surface area contributed by atoms with Gasteiger partial charge in [-0.2, -0.15) is 39.5 Å². The summed E-state index contributed by atoms with van der Waals surface area (Å²) in [6, 6.07) is 3.65. The van der Waals surface area contributed by atoms with Gasteiger partial charge in [0.25, 0.3) is 0 Å². The molecule has 0 aliphatic heterocycles. The molecule has 0 saturated carbocycles. The van der Waals surface area contributed by atoms with Crippen LogP contribution in [0.5, 0.6) is 0 Å². The molecule has 0 saturated heterocycles. The van der Waals surface area contributed by atoms with Crippen LogP contribution in [-0.2, 0) is 10.3 Å². The zero-order valence-corrected chi connectivity index (χ0v) is 14.4. The maximum Gasteiger partial charge on any atom is 0.460 e. The van der Waals surface area contributed by atoms with Gasteiger partial charge in [0.15, 0.2) is 0 Å². The lowest BCUT2D eigenvalue weighted by atomic mass is 9.86. The number of alkyl halides is 9. The van der Waals surface area contributed by atoms with Gasteiger partial charge in [0.2, 0.25) is 0 Å². The van der Waals surface area contributed by atoms with Crippen molar-refractivity contribution in [1.29, 1.82) is 0 Å². The Morgan fingerprint density at radius 2 is 1.39 bits per heavy atom. The number of ether oxygens (including phenoxy) is 1. The van der Waals surface area contributed by atoms with Gasteiger partial charge < -0.3 is 9.84 Å². The Labute approximate surface area is 153 Å². The molecule has 1 N–H and O–H groups in total. The summed E-state index contributed by atoms with van der Waals surface area (Å²) in [6.07, 6.45) is -9.38. The summed E-state index contributed by atoms with van der Waals surface area (Å²) in [7, 11) is 0. The summed E-state index contributed by atoms with van der Waals surface area (Å²) in [4.78, 5) is 11.5. The Morgan fingerprint density at radius 1 is 0.929 bits per heavy atom. The molecule has 0 radical (unpaired) electrons. The zero-order valence-electron chi connectivity index (χ0n) is 14.4. The van der Waals surface area contributed by atoms with Gasteiger partial charge in [-0.3, -0.25) is 0 Å². The summed E-state index contributed by atoms with van der Waals surface area (Å²) in [5, 5.41) is 10.0. The molecular weight excluding hydrogens is 411 g/mol. The lowest BCUT2D eigenvalue weighted by molar-refractivity contribution is -0.400. The first-order chi connectivity index (χ1) is 12.4. The van der Waals surface area contributed by atoms with Gasteiger partial charge in [-0.25, -0.2) is 4.79 Å². The van der Waals surface area contributed by atoms with Crippen LogP contribution in [-0.4, -0.2) is 41.6 Å². The van der Waals surface area contributed by atoms with Gasteiger partial charge >= 0.3 is 29.9 Å². The molecule has 0 aliphatic rings. The largest absolute Gasteiger partial charge is 0.462 e. The van der Waals surface area contributed by atoms with Crippen molar-refractivity contribution in [2.45, 2.75) is 49.8 Å². The van der Waals surface area contributed by atoms with Crippen LogP contribution in [0.1, 0.15) is 36.2 Å². The van der Waals surface area contributed by atoms with Gasteiger partial charge in [-0.15, -0.1) is 0 Å². The highest BCUT2D eigenvalue weighted by Crippen LogP contribution is 2.55. The molecule has 0 aromatic heterocycles. The van der Waals surface area contributed by atoms with Crippen molar-refractivity contribution in [2.75, 3.05) is 6.61 Å². The molecule has 0 aliphatic carbocycles. The van der Waals surface area contributed by atoms with E-state index in [0.29, 0.717) is 6.92 Å². The predicted molar refractivity (Wildman–Crippen MR) is 77.5 cm³/mol. The van der Waals surface area contributed by atoms with E-state index in [2.05, 4.69) is 4.74 Å². The molecule has 12 heteroatoms. The number of carbonyl (C=O) groups excluding carboxylic acids is 1. The highest BCUT2D eigenvalue weighted by molar-refractivity contribution is 5.89. The van der Waals surface area contributed by atoms with E-state index in [0.717, 1.165) is 24.3 Å². The number of esters is 1. The number of aliphatic hydroxyl groups is 1. The molecule has 1 aromatic rings. The number of benzene rings is 1. The summed E-state index contributed by atoms with van der Waals surface area (Å²) in [5.41, 5.74) is -3.55. The molecular formula is C16H15F9O3. The Bertz CT molecular complexity index is 694. The second-order valence-electron chi connectivity index (χ2n) is 6.10. The van der Waals surface area contributed by atoms with Crippen LogP contribution in [0.15, 0.2) is 24.3 Å². The Kier molecular flexibility index (Phi) is 6.40. The fraction of sp³-hybridized carbons (Fsp3) is 0.562. The second-order valence-corrected chi connectivity index (χ2v) is 6.10. The van der Waals surface area contributed by atoms with E-state index in [9.17, 15) is 49.4 Å². The Hall–Kier alpha value is -1.98. The average molecular weight is 426 g/mol. The highest BCUT2D eigenvalue weighted by Gasteiger charge is 2.81. The van der Waals surface area contributed by atoms with Gasteiger partial charge in [0.1, 0.15) is 0 Å². The number of rotatable bonds is 7. The van der Waals surface area contributed by atoms with Crippen molar-refractivity contribution in [1.82, 2.24) is 0 Å². The third kappa shape index (κ3) is 4.36. The second kappa shape index (κ2) is 7.45. The van der Waals surface area contributed by atoms with Crippen LogP contribution in [0.3, 0.4) is 0 Å². The first-order valence-corrected chi connectivity index (χ1v) is 7.61. The predicted octanol–water partition coefficient (Wildman–Crippen LogP) is 4.93. The molecule has 0 amide bonds. The molecule has 3 nitrogen and oxygen atoms in total. The van der Waals surface area contributed by atoms with Crippen molar-refractivity contribution >= 4 is 5.97 Å². The van der Waals surface area contributed by atoms with Gasteiger partial charge in [-0.1, -0.05) is 12.1 Å². The van der Waals surface area contributed by atoms with Gasteiger partial charge in [0, 0.05) is 0 Å². The topological polar surface area (TPSA) is 46.5 Å². The molecule has 160 valence electrons. The van der Waals surface area contributed by atoms with Crippen molar-refractivity contribution in [2.24, 2.45) is 0 Å². The van der Waals surface area contributed by atoms with Crippen LogP contribution in [0.2, 0.25) is 0 Å². The lowest BCUT2D eigenvalue weighted by Gasteiger charge is -2.37. The Morgan fingerprint density at radius 3 is 1.79 bits per heavy atom. The van der Waals surface area contributed by atoms with Crippen molar-refractivity contribution in [3.05, 3.63) is 35.4 Å². The van der Waals surface area contributed by atoms with Gasteiger partial charge in [-0.05, 0) is 31.5 Å². The average Bonchev–Trinajstić information content (AvgIpc) is 2.52. The summed E-state index contributed by atoms with van der Waals surface area (Å²) in [5.74, 6) is -20.6. The van der Waals surface area contributed by atoms with E-state index < -0.39 is 47.5 Å². The van der Waals surface area contributed by atoms with Crippen LogP contribution >= 0.6 is 0 Å². The highest BCUT2D eigenvalue weighted by atomic mass is 19.4. The fourth-order valence-corrected chi connectivity index (χ4v) is 2.23. The minimum atomic E-state index is -7.03. The maximum atomic E-state index is 13.8. The molecule has 0 heterocycles. The van der Waals surface area contributed by atoms with Crippen molar-refractivity contribution < 1.29 is 54.2 Å². The van der Waals surface area contributed by atoms with E-state index in [4.69, 9.17) is 0 Å². The smallest absolute Gasteiger partial charge is 0.460 e. The van der Waals surface area contributed by atoms with Crippen LogP contribution < -0.4 is 0 Å². The van der Waals surface area contributed by atoms with Crippen molar-refractivity contribution in [3.63, 3.8) is 0 Å². The molecule has 0 bridgehead atoms. The fourth-order valence-electron chi connectivity index (χ4n) is 2.23. The van der Waals surface area contributed by atoms with Gasteiger partial charge in [0.05, 0.1) is 24.2 Å². The molecule has 1 rings (SSSR count). The first-order valence-electron chi connectivity index (χ1n) is 7.61. The molecule has 1 aromatic carbocycles. The normalized spacial score (nSPS) is 15.9. The molecule has 1 unspecified atom stereocenters. The zero-order chi connectivity index (χ0) is 22.2. The summed E-state index contributed by atoms with van der Waals surface area (Å²) < 4.78 is 121. The van der Waals surface area contributed by atoms with E-state index in [1.54, 1.807) is 0 Å². The first kappa shape index (κ1) is 24.1. The third-order valence-corrected chi connectivity index (χ3v) is 3.79. The van der Waals surface area contributed by atoms with E-state index in [1.807, 2.05) is 0 Å². The Balaban J connectivity index is 3.17. The molecule has 0 spiro atoms. The lowest BCUT2D eigenvalue weighted by Crippen LogP contribution is -2.62. The minimum Gasteiger partial charge on any atom is -0.462 e. The molecule has 1 atom stereocenters. The standard InChI is InChI=1S/C16H15F9O3/c1-3-28-11(26)9-4-6-10(7-5-9)12(2,27)8-13(17,18)14(19,20)15(21,22)16(23,24)25/h4-7,27H,3,8H2,1-2H3. The van der Waals surface area contributed by atoms with E-state index >= 15 is 0 Å². The van der Waals surface area contributed by atoms with Crippen LogP contribution in [0, 0.1) is 0 Å². The van der Waals surface area contributed by atoms with Crippen molar-refractivity contribution in [3.8, 4) is 0 Å². The summed E-state index contributed by atoms with van der Waals surface area (Å²) in [6.45, 7) is 2.03. The molecule has 0 fully saturated rings. The molecule has 28 heavy (non-hydrogen) atoms. The number of carbonyl (C=O) groups is 1. The van der Waals surface area contributed by atoms with Crippen LogP contribution in [0.25, 0.3) is 0 Å². The quantitative estimate of drug-likeness (QED) is 0.497. The SMILES string of the molecule is CCOC(=O)c1ccc(C(C)(O)CC(F)(F)C(F)(F)C(F)(F)C(F)(F)F)cc1. The summed E-state index contributed by atoms with van der Waals surface area (Å²) >= 11 is 0. The van der Waals surface area contributed by atoms with E-state index in [1.165, 1.54) is 6.92 Å². The number of hydrogen-bond donors (Lipinski definition) is 1. The maximum absolute atomic E-state index is 13.8. The third-order valence-electron chi connectivity index (χ3n) is 3.79. The monoisotopic (exact) mass is 426 g/mol.